The van der Waals surface area contributed by atoms with Crippen LogP contribution in [0.1, 0.15) is 41.9 Å². The van der Waals surface area contributed by atoms with Crippen molar-refractivity contribution < 1.29 is 18.4 Å². The van der Waals surface area contributed by atoms with Gasteiger partial charge in [-0.25, -0.2) is 9.37 Å². The first-order valence-electron chi connectivity index (χ1n) is 9.45. The molecule has 1 aliphatic rings. The maximum Gasteiger partial charge on any atom is 0.257 e. The van der Waals surface area contributed by atoms with Crippen LogP contribution in [-0.2, 0) is 0 Å². The smallest absolute Gasteiger partial charge is 0.257 e. The van der Waals surface area contributed by atoms with Crippen LogP contribution >= 0.6 is 0 Å². The van der Waals surface area contributed by atoms with Crippen LogP contribution in [0.3, 0.4) is 0 Å². The van der Waals surface area contributed by atoms with E-state index in [1.807, 2.05) is 11.8 Å². The molecule has 1 aromatic carbocycles. The van der Waals surface area contributed by atoms with E-state index < -0.39 is 0 Å². The number of carbonyl (C=O) groups is 1. The van der Waals surface area contributed by atoms with E-state index >= 15 is 0 Å². The highest BCUT2D eigenvalue weighted by Gasteiger charge is 2.33. The lowest BCUT2D eigenvalue weighted by atomic mass is 9.92. The number of carbonyl (C=O) groups excluding carboxylic acids is 1. The second-order valence-corrected chi connectivity index (χ2v) is 7.13. The minimum absolute atomic E-state index is 0.0307. The van der Waals surface area contributed by atoms with E-state index in [4.69, 9.17) is 9.26 Å². The SMILES string of the molecule is COc1cc(C(=O)N2C[C@@H](c3noc(-c4ccc(F)cc4)n3)CC[C@H]2C)ccn1. The minimum Gasteiger partial charge on any atom is -0.481 e. The van der Waals surface area contributed by atoms with Gasteiger partial charge in [0.2, 0.25) is 5.88 Å². The molecule has 0 saturated carbocycles. The molecular formula is C21H21FN4O3. The fraction of sp³-hybridized carbons (Fsp3) is 0.333. The predicted molar refractivity (Wildman–Crippen MR) is 103 cm³/mol. The third kappa shape index (κ3) is 3.96. The Balaban J connectivity index is 1.53. The van der Waals surface area contributed by atoms with Crippen LogP contribution in [0, 0.1) is 5.82 Å². The van der Waals surface area contributed by atoms with E-state index in [0.717, 1.165) is 12.8 Å². The lowest BCUT2D eigenvalue weighted by molar-refractivity contribution is 0.0604. The summed E-state index contributed by atoms with van der Waals surface area (Å²) < 4.78 is 23.6. The van der Waals surface area contributed by atoms with Gasteiger partial charge in [0.1, 0.15) is 5.82 Å². The van der Waals surface area contributed by atoms with Crippen molar-refractivity contribution in [1.82, 2.24) is 20.0 Å². The zero-order valence-corrected chi connectivity index (χ0v) is 16.2. The van der Waals surface area contributed by atoms with E-state index in [1.165, 1.54) is 19.2 Å². The van der Waals surface area contributed by atoms with Gasteiger partial charge >= 0.3 is 0 Å². The first kappa shape index (κ1) is 19.0. The lowest BCUT2D eigenvalue weighted by Gasteiger charge is -2.37. The molecule has 0 radical (unpaired) electrons. The van der Waals surface area contributed by atoms with E-state index in [2.05, 4.69) is 15.1 Å². The first-order chi connectivity index (χ1) is 14.0. The molecule has 3 heterocycles. The molecule has 1 saturated heterocycles. The number of aromatic nitrogens is 3. The fourth-order valence-corrected chi connectivity index (χ4v) is 3.53. The van der Waals surface area contributed by atoms with E-state index in [0.29, 0.717) is 35.3 Å². The lowest BCUT2D eigenvalue weighted by Crippen LogP contribution is -2.45. The highest BCUT2D eigenvalue weighted by Crippen LogP contribution is 2.31. The molecule has 0 unspecified atom stereocenters. The molecule has 0 bridgehead atoms. The molecule has 7 nitrogen and oxygen atoms in total. The van der Waals surface area contributed by atoms with Gasteiger partial charge in [-0.2, -0.15) is 4.98 Å². The number of pyridine rings is 1. The molecule has 0 aliphatic carbocycles. The van der Waals surface area contributed by atoms with Gasteiger partial charge in [0, 0.05) is 41.9 Å². The Kier molecular flexibility index (Phi) is 5.24. The van der Waals surface area contributed by atoms with Crippen LogP contribution in [0.5, 0.6) is 5.88 Å². The number of rotatable bonds is 4. The normalized spacial score (nSPS) is 19.2. The summed E-state index contributed by atoms with van der Waals surface area (Å²) in [7, 11) is 1.52. The minimum atomic E-state index is -0.323. The van der Waals surface area contributed by atoms with Crippen LogP contribution in [-0.4, -0.2) is 45.6 Å². The highest BCUT2D eigenvalue weighted by molar-refractivity contribution is 5.94. The molecule has 0 spiro atoms. The zero-order chi connectivity index (χ0) is 20.4. The summed E-state index contributed by atoms with van der Waals surface area (Å²) in [6.45, 7) is 2.53. The number of likely N-dealkylation sites (tertiary alicyclic amines) is 1. The van der Waals surface area contributed by atoms with E-state index in [-0.39, 0.29) is 23.7 Å². The van der Waals surface area contributed by atoms with Crippen molar-refractivity contribution in [2.45, 2.75) is 31.7 Å². The van der Waals surface area contributed by atoms with Crippen LogP contribution in [0.25, 0.3) is 11.5 Å². The number of nitrogens with zero attached hydrogens (tertiary/aromatic N) is 4. The van der Waals surface area contributed by atoms with Crippen LogP contribution in [0.15, 0.2) is 47.1 Å². The quantitative estimate of drug-likeness (QED) is 0.669. The molecule has 0 N–H and O–H groups in total. The van der Waals surface area contributed by atoms with Crippen molar-refractivity contribution in [1.29, 1.82) is 0 Å². The Morgan fingerprint density at radius 3 is 2.79 bits per heavy atom. The van der Waals surface area contributed by atoms with Gasteiger partial charge in [-0.1, -0.05) is 5.16 Å². The molecule has 3 aromatic rings. The summed E-state index contributed by atoms with van der Waals surface area (Å²) in [5.41, 5.74) is 1.19. The molecule has 29 heavy (non-hydrogen) atoms. The molecule has 2 atom stereocenters. The molecule has 150 valence electrons. The Morgan fingerprint density at radius 1 is 1.24 bits per heavy atom. The average Bonchev–Trinajstić information content (AvgIpc) is 3.24. The van der Waals surface area contributed by atoms with Gasteiger partial charge in [0.15, 0.2) is 5.82 Å². The summed E-state index contributed by atoms with van der Waals surface area (Å²) >= 11 is 0. The Hall–Kier alpha value is -3.29. The van der Waals surface area contributed by atoms with Crippen LogP contribution in [0.4, 0.5) is 4.39 Å². The van der Waals surface area contributed by atoms with Crippen LogP contribution < -0.4 is 4.74 Å². The Bertz CT molecular complexity index is 1010. The largest absolute Gasteiger partial charge is 0.481 e. The van der Waals surface area contributed by atoms with Crippen molar-refractivity contribution in [3.8, 4) is 17.3 Å². The van der Waals surface area contributed by atoms with E-state index in [1.54, 1.807) is 30.5 Å². The Labute approximate surface area is 167 Å². The number of amides is 1. The molecule has 2 aromatic heterocycles. The molecule has 1 aliphatic heterocycles. The van der Waals surface area contributed by atoms with Gasteiger partial charge in [0.05, 0.1) is 7.11 Å². The summed E-state index contributed by atoms with van der Waals surface area (Å²) in [4.78, 5) is 23.4. The molecule has 1 amide bonds. The van der Waals surface area contributed by atoms with E-state index in [9.17, 15) is 9.18 Å². The topological polar surface area (TPSA) is 81.4 Å². The van der Waals surface area contributed by atoms with Gasteiger partial charge in [0.25, 0.3) is 11.8 Å². The average molecular weight is 396 g/mol. The number of ether oxygens (including phenoxy) is 1. The number of halogens is 1. The number of piperidine rings is 1. The number of hydrogen-bond acceptors (Lipinski definition) is 6. The summed E-state index contributed by atoms with van der Waals surface area (Å²) in [6, 6.07) is 9.32. The third-order valence-corrected chi connectivity index (χ3v) is 5.23. The molecule has 8 heteroatoms. The standard InChI is InChI=1S/C21H21FN4O3/c1-13-3-4-16(12-26(13)21(27)15-9-10-23-18(11-15)28-2)19-24-20(29-25-19)14-5-7-17(22)8-6-14/h5-11,13,16H,3-4,12H2,1-2H3/t13-,16+/m1/s1. The molecular weight excluding hydrogens is 375 g/mol. The Morgan fingerprint density at radius 2 is 2.03 bits per heavy atom. The second-order valence-electron chi connectivity index (χ2n) is 7.13. The fourth-order valence-electron chi connectivity index (χ4n) is 3.53. The monoisotopic (exact) mass is 396 g/mol. The van der Waals surface area contributed by atoms with Gasteiger partial charge in [-0.05, 0) is 50.1 Å². The first-order valence-corrected chi connectivity index (χ1v) is 9.45. The van der Waals surface area contributed by atoms with Crippen molar-refractivity contribution in [2.75, 3.05) is 13.7 Å². The van der Waals surface area contributed by atoms with Crippen molar-refractivity contribution in [3.63, 3.8) is 0 Å². The molecule has 1 fully saturated rings. The number of methoxy groups -OCH3 is 1. The maximum atomic E-state index is 13.1. The summed E-state index contributed by atoms with van der Waals surface area (Å²) in [5.74, 6) is 0.870. The van der Waals surface area contributed by atoms with Crippen molar-refractivity contribution >= 4 is 5.91 Å². The number of benzene rings is 1. The van der Waals surface area contributed by atoms with Gasteiger partial charge < -0.3 is 14.2 Å². The van der Waals surface area contributed by atoms with Crippen molar-refractivity contribution in [3.05, 3.63) is 59.8 Å². The number of hydrogen-bond donors (Lipinski definition) is 0. The highest BCUT2D eigenvalue weighted by atomic mass is 19.1. The summed E-state index contributed by atoms with van der Waals surface area (Å²) in [5, 5.41) is 4.11. The third-order valence-electron chi connectivity index (χ3n) is 5.23. The zero-order valence-electron chi connectivity index (χ0n) is 16.2. The maximum absolute atomic E-state index is 13.1. The molecule has 4 rings (SSSR count). The van der Waals surface area contributed by atoms with Gasteiger partial charge in [-0.3, -0.25) is 4.79 Å². The summed E-state index contributed by atoms with van der Waals surface area (Å²) in [6.07, 6.45) is 3.25. The predicted octanol–water partition coefficient (Wildman–Crippen LogP) is 3.69. The van der Waals surface area contributed by atoms with Gasteiger partial charge in [-0.15, -0.1) is 0 Å². The second kappa shape index (κ2) is 7.98. The van der Waals surface area contributed by atoms with Crippen LogP contribution in [0.2, 0.25) is 0 Å². The van der Waals surface area contributed by atoms with Crippen molar-refractivity contribution in [2.24, 2.45) is 0 Å².